The molecule has 3 rings (SSSR count). The molecule has 0 fully saturated rings. The number of aromatic nitrogens is 2. The van der Waals surface area contributed by atoms with E-state index < -0.39 is 10.0 Å². The number of anilines is 1. The number of benzene rings is 2. The average Bonchev–Trinajstić information content (AvgIpc) is 3.17. The molecule has 1 atom stereocenters. The molecular formula is C21H24N4O3S2. The zero-order valence-corrected chi connectivity index (χ0v) is 18.6. The minimum atomic E-state index is -3.90. The Hall–Kier alpha value is -2.62. The fourth-order valence-corrected chi connectivity index (χ4v) is 5.16. The van der Waals surface area contributed by atoms with Gasteiger partial charge in [0.15, 0.2) is 0 Å². The van der Waals surface area contributed by atoms with Crippen LogP contribution in [-0.2, 0) is 10.0 Å². The average molecular weight is 445 g/mol. The van der Waals surface area contributed by atoms with E-state index in [0.29, 0.717) is 12.0 Å². The summed E-state index contributed by atoms with van der Waals surface area (Å²) in [6.07, 6.45) is 0.638. The van der Waals surface area contributed by atoms with E-state index in [1.807, 2.05) is 63.2 Å². The van der Waals surface area contributed by atoms with Gasteiger partial charge in [0.05, 0.1) is 0 Å². The predicted molar refractivity (Wildman–Crippen MR) is 118 cm³/mol. The highest BCUT2D eigenvalue weighted by Crippen LogP contribution is 2.26. The third-order valence-corrected chi connectivity index (χ3v) is 7.13. The normalized spacial score (nSPS) is 12.7. The maximum atomic E-state index is 12.9. The molecular weight excluding hydrogens is 420 g/mol. The van der Waals surface area contributed by atoms with E-state index in [-0.39, 0.29) is 27.3 Å². The second-order valence-electron chi connectivity index (χ2n) is 7.36. The van der Waals surface area contributed by atoms with Crippen LogP contribution in [0.15, 0.2) is 58.9 Å². The van der Waals surface area contributed by atoms with Gasteiger partial charge >= 0.3 is 0 Å². The van der Waals surface area contributed by atoms with Crippen LogP contribution in [0.25, 0.3) is 0 Å². The Balaban J connectivity index is 1.77. The zero-order valence-electron chi connectivity index (χ0n) is 17.0. The summed E-state index contributed by atoms with van der Waals surface area (Å²) in [6.45, 7) is 5.90. The first kappa shape index (κ1) is 22.1. The molecule has 2 aromatic carbocycles. The smallest absolute Gasteiger partial charge is 0.270 e. The number of rotatable bonds is 8. The quantitative estimate of drug-likeness (QED) is 0.508. The molecule has 0 aliphatic carbocycles. The zero-order chi connectivity index (χ0) is 21.7. The number of hydrogen-bond donors (Lipinski definition) is 2. The van der Waals surface area contributed by atoms with Crippen LogP contribution in [0.4, 0.5) is 5.13 Å². The Morgan fingerprint density at radius 3 is 2.37 bits per heavy atom. The molecule has 1 amide bonds. The number of hydrogen-bond acceptors (Lipinski definition) is 6. The maximum absolute atomic E-state index is 12.9. The van der Waals surface area contributed by atoms with Crippen molar-refractivity contribution in [3.8, 4) is 0 Å². The number of amides is 1. The molecule has 2 N–H and O–H groups in total. The van der Waals surface area contributed by atoms with Crippen molar-refractivity contribution in [1.82, 2.24) is 14.9 Å². The molecule has 0 spiro atoms. The monoisotopic (exact) mass is 444 g/mol. The Labute approximate surface area is 180 Å². The van der Waals surface area contributed by atoms with Crippen LogP contribution in [0.1, 0.15) is 47.8 Å². The molecule has 0 bridgehead atoms. The van der Waals surface area contributed by atoms with Gasteiger partial charge < -0.3 is 0 Å². The van der Waals surface area contributed by atoms with E-state index >= 15 is 0 Å². The lowest BCUT2D eigenvalue weighted by Gasteiger charge is -2.20. The van der Waals surface area contributed by atoms with Crippen LogP contribution in [0, 0.1) is 12.8 Å². The Kier molecular flexibility index (Phi) is 6.96. The molecule has 0 radical (unpaired) electrons. The molecule has 7 nitrogen and oxygen atoms in total. The van der Waals surface area contributed by atoms with Crippen molar-refractivity contribution in [1.29, 1.82) is 0 Å². The molecule has 158 valence electrons. The topological polar surface area (TPSA) is 101 Å². The largest absolute Gasteiger partial charge is 0.296 e. The Bertz CT molecular complexity index is 1110. The fraction of sp³-hybridized carbons (Fsp3) is 0.286. The summed E-state index contributed by atoms with van der Waals surface area (Å²) in [7, 11) is -3.90. The molecule has 9 heteroatoms. The second kappa shape index (κ2) is 9.46. The fourth-order valence-electron chi connectivity index (χ4n) is 3.01. The van der Waals surface area contributed by atoms with E-state index in [1.54, 1.807) is 12.1 Å². The van der Waals surface area contributed by atoms with Crippen molar-refractivity contribution < 1.29 is 13.2 Å². The molecule has 30 heavy (non-hydrogen) atoms. The summed E-state index contributed by atoms with van der Waals surface area (Å²) >= 11 is 0.820. The van der Waals surface area contributed by atoms with Crippen molar-refractivity contribution in [3.63, 3.8) is 0 Å². The summed E-state index contributed by atoms with van der Waals surface area (Å²) in [6, 6.07) is 16.2. The van der Waals surface area contributed by atoms with Gasteiger partial charge in [-0.05, 0) is 36.5 Å². The van der Waals surface area contributed by atoms with E-state index in [1.165, 1.54) is 0 Å². The van der Waals surface area contributed by atoms with Gasteiger partial charge in [-0.1, -0.05) is 73.7 Å². The standard InChI is InChI=1S/C21H24N4O3S2/c1-14(2)13-18(16-10-5-4-6-11-16)25-30(27,28)21-24-23-20(29-21)22-19(26)17-12-8-7-9-15(17)3/h4-12,14,18,25H,13H2,1-3H3,(H,22,23,26)/t18-/m0/s1. The van der Waals surface area contributed by atoms with E-state index in [0.717, 1.165) is 22.5 Å². The van der Waals surface area contributed by atoms with Crippen molar-refractivity contribution in [2.45, 2.75) is 37.6 Å². The second-order valence-corrected chi connectivity index (χ2v) is 10.2. The van der Waals surface area contributed by atoms with E-state index in [2.05, 4.69) is 20.2 Å². The third kappa shape index (κ3) is 5.50. The van der Waals surface area contributed by atoms with Gasteiger partial charge in [-0.3, -0.25) is 10.1 Å². The number of aryl methyl sites for hydroxylation is 1. The first-order chi connectivity index (χ1) is 14.3. The molecule has 1 heterocycles. The lowest BCUT2D eigenvalue weighted by Crippen LogP contribution is -2.29. The van der Waals surface area contributed by atoms with Gasteiger partial charge in [0, 0.05) is 11.6 Å². The lowest BCUT2D eigenvalue weighted by molar-refractivity contribution is 0.102. The van der Waals surface area contributed by atoms with Crippen molar-refractivity contribution >= 4 is 32.4 Å². The van der Waals surface area contributed by atoms with Gasteiger partial charge in [0.2, 0.25) is 9.47 Å². The number of sulfonamides is 1. The maximum Gasteiger partial charge on any atom is 0.270 e. The first-order valence-corrected chi connectivity index (χ1v) is 11.8. The summed E-state index contributed by atoms with van der Waals surface area (Å²) < 4.78 is 28.4. The van der Waals surface area contributed by atoms with E-state index in [9.17, 15) is 13.2 Å². The molecule has 0 saturated heterocycles. The van der Waals surface area contributed by atoms with Crippen LogP contribution >= 0.6 is 11.3 Å². The van der Waals surface area contributed by atoms with E-state index in [4.69, 9.17) is 0 Å². The Morgan fingerprint density at radius 2 is 1.70 bits per heavy atom. The Morgan fingerprint density at radius 1 is 1.03 bits per heavy atom. The van der Waals surface area contributed by atoms with Gasteiger partial charge in [0.25, 0.3) is 15.9 Å². The molecule has 3 aromatic rings. The van der Waals surface area contributed by atoms with Crippen LogP contribution in [0.5, 0.6) is 0 Å². The highest BCUT2D eigenvalue weighted by molar-refractivity contribution is 7.91. The molecule has 0 aliphatic rings. The molecule has 0 unspecified atom stereocenters. The van der Waals surface area contributed by atoms with Crippen molar-refractivity contribution in [2.24, 2.45) is 5.92 Å². The van der Waals surface area contributed by atoms with Crippen molar-refractivity contribution in [2.75, 3.05) is 5.32 Å². The third-order valence-electron chi connectivity index (χ3n) is 4.45. The number of nitrogens with zero attached hydrogens (tertiary/aromatic N) is 2. The highest BCUT2D eigenvalue weighted by Gasteiger charge is 2.26. The van der Waals surface area contributed by atoms with Gasteiger partial charge in [-0.25, -0.2) is 13.1 Å². The van der Waals surface area contributed by atoms with Crippen LogP contribution in [0.2, 0.25) is 0 Å². The number of carbonyl (C=O) groups excluding carboxylic acids is 1. The number of nitrogens with one attached hydrogen (secondary N) is 2. The highest BCUT2D eigenvalue weighted by atomic mass is 32.2. The molecule has 0 saturated carbocycles. The summed E-state index contributed by atoms with van der Waals surface area (Å²) in [5.74, 6) is -0.0700. The molecule has 1 aromatic heterocycles. The first-order valence-electron chi connectivity index (χ1n) is 9.54. The summed E-state index contributed by atoms with van der Waals surface area (Å²) in [5.41, 5.74) is 2.19. The summed E-state index contributed by atoms with van der Waals surface area (Å²) in [5, 5.41) is 10.4. The minimum Gasteiger partial charge on any atom is -0.296 e. The number of carbonyl (C=O) groups is 1. The van der Waals surface area contributed by atoms with Gasteiger partial charge in [-0.2, -0.15) is 0 Å². The lowest BCUT2D eigenvalue weighted by atomic mass is 9.98. The van der Waals surface area contributed by atoms with Gasteiger partial charge in [-0.15, -0.1) is 10.2 Å². The molecule has 0 aliphatic heterocycles. The van der Waals surface area contributed by atoms with Crippen molar-refractivity contribution in [3.05, 3.63) is 71.3 Å². The SMILES string of the molecule is Cc1ccccc1C(=O)Nc1nnc(S(=O)(=O)N[C@@H](CC(C)C)c2ccccc2)s1. The van der Waals surface area contributed by atoms with Crippen LogP contribution in [-0.4, -0.2) is 24.5 Å². The minimum absolute atomic E-state index is 0.128. The van der Waals surface area contributed by atoms with Crippen LogP contribution < -0.4 is 10.0 Å². The summed E-state index contributed by atoms with van der Waals surface area (Å²) in [4.78, 5) is 12.4. The predicted octanol–water partition coefficient (Wildman–Crippen LogP) is 4.16. The van der Waals surface area contributed by atoms with Gasteiger partial charge in [0.1, 0.15) is 0 Å². The van der Waals surface area contributed by atoms with Crippen LogP contribution in [0.3, 0.4) is 0 Å².